The number of aromatic nitrogens is 2. The van der Waals surface area contributed by atoms with Crippen molar-refractivity contribution in [2.24, 2.45) is 0 Å². The lowest BCUT2D eigenvalue weighted by molar-refractivity contribution is 0.296. The Morgan fingerprint density at radius 3 is 2.71 bits per heavy atom. The molecule has 0 spiro atoms. The second-order valence-electron chi connectivity index (χ2n) is 4.55. The summed E-state index contributed by atoms with van der Waals surface area (Å²) < 4.78 is 5.75. The summed E-state index contributed by atoms with van der Waals surface area (Å²) in [6.07, 6.45) is 3.95. The van der Waals surface area contributed by atoms with Crippen molar-refractivity contribution in [3.05, 3.63) is 42.0 Å². The van der Waals surface area contributed by atoms with Crippen molar-refractivity contribution in [1.29, 1.82) is 0 Å². The summed E-state index contributed by atoms with van der Waals surface area (Å²) in [6.45, 7) is 3.53. The molecule has 1 aromatic heterocycles. The highest BCUT2D eigenvalue weighted by Gasteiger charge is 2.04. The molecule has 0 atom stereocenters. The molecular formula is C16H21N3OS. The number of nitrogens with zero attached hydrogens (tertiary/aromatic N) is 2. The third-order valence-corrected chi connectivity index (χ3v) is 3.47. The van der Waals surface area contributed by atoms with Gasteiger partial charge in [0, 0.05) is 12.6 Å². The Balaban J connectivity index is 1.86. The van der Waals surface area contributed by atoms with E-state index in [2.05, 4.69) is 39.6 Å². The van der Waals surface area contributed by atoms with E-state index in [4.69, 9.17) is 4.74 Å². The maximum Gasteiger partial charge on any atom is 0.219 e. The van der Waals surface area contributed by atoms with Crippen molar-refractivity contribution in [1.82, 2.24) is 9.97 Å². The molecule has 0 unspecified atom stereocenters. The van der Waals surface area contributed by atoms with Gasteiger partial charge in [0.2, 0.25) is 5.88 Å². The zero-order chi connectivity index (χ0) is 14.9. The zero-order valence-corrected chi connectivity index (χ0v) is 13.3. The molecule has 0 amide bonds. The SMILES string of the molecule is CCNc1cc(OCCCc2ccccc2)nc(SC)n1. The maximum absolute atomic E-state index is 5.75. The molecule has 0 aliphatic heterocycles. The number of benzene rings is 1. The lowest BCUT2D eigenvalue weighted by atomic mass is 10.1. The van der Waals surface area contributed by atoms with Gasteiger partial charge < -0.3 is 10.1 Å². The van der Waals surface area contributed by atoms with Gasteiger partial charge in [-0.15, -0.1) is 0 Å². The first kappa shape index (κ1) is 15.6. The van der Waals surface area contributed by atoms with E-state index in [-0.39, 0.29) is 0 Å². The van der Waals surface area contributed by atoms with E-state index >= 15 is 0 Å². The first-order chi connectivity index (χ1) is 10.3. The lowest BCUT2D eigenvalue weighted by Gasteiger charge is -2.09. The number of ether oxygens (including phenoxy) is 1. The van der Waals surface area contributed by atoms with Crippen LogP contribution in [-0.2, 0) is 6.42 Å². The van der Waals surface area contributed by atoms with E-state index in [1.807, 2.05) is 25.3 Å². The van der Waals surface area contributed by atoms with Gasteiger partial charge >= 0.3 is 0 Å². The van der Waals surface area contributed by atoms with Gasteiger partial charge in [-0.2, -0.15) is 4.98 Å². The van der Waals surface area contributed by atoms with Crippen LogP contribution in [0.4, 0.5) is 5.82 Å². The monoisotopic (exact) mass is 303 g/mol. The molecule has 0 saturated heterocycles. The summed E-state index contributed by atoms with van der Waals surface area (Å²) in [7, 11) is 0. The van der Waals surface area contributed by atoms with Crippen LogP contribution >= 0.6 is 11.8 Å². The van der Waals surface area contributed by atoms with Gasteiger partial charge in [-0.3, -0.25) is 0 Å². The number of aryl methyl sites for hydroxylation is 1. The smallest absolute Gasteiger partial charge is 0.219 e. The molecule has 2 rings (SSSR count). The first-order valence-corrected chi connectivity index (χ1v) is 8.38. The van der Waals surface area contributed by atoms with Gasteiger partial charge in [0.25, 0.3) is 0 Å². The van der Waals surface area contributed by atoms with Gasteiger partial charge in [0.1, 0.15) is 5.82 Å². The lowest BCUT2D eigenvalue weighted by Crippen LogP contribution is -2.05. The average molecular weight is 303 g/mol. The van der Waals surface area contributed by atoms with E-state index < -0.39 is 0 Å². The molecule has 112 valence electrons. The molecule has 0 saturated carbocycles. The largest absolute Gasteiger partial charge is 0.477 e. The van der Waals surface area contributed by atoms with Crippen molar-refractivity contribution < 1.29 is 4.74 Å². The number of hydrogen-bond donors (Lipinski definition) is 1. The standard InChI is InChI=1S/C16H21N3OS/c1-3-17-14-12-15(19-16(18-14)21-2)20-11-7-10-13-8-5-4-6-9-13/h4-6,8-9,12H,3,7,10-11H2,1-2H3,(H,17,18,19). The Bertz CT molecular complexity index is 548. The average Bonchev–Trinajstić information content (AvgIpc) is 2.53. The Morgan fingerprint density at radius 1 is 1.19 bits per heavy atom. The molecule has 0 bridgehead atoms. The molecule has 0 radical (unpaired) electrons. The van der Waals surface area contributed by atoms with Crippen molar-refractivity contribution >= 4 is 17.6 Å². The molecule has 1 N–H and O–H groups in total. The summed E-state index contributed by atoms with van der Waals surface area (Å²) in [4.78, 5) is 8.75. The Morgan fingerprint density at radius 2 is 2.00 bits per heavy atom. The number of thioether (sulfide) groups is 1. The quantitative estimate of drug-likeness (QED) is 0.458. The fourth-order valence-electron chi connectivity index (χ4n) is 1.94. The van der Waals surface area contributed by atoms with E-state index in [1.54, 1.807) is 0 Å². The summed E-state index contributed by atoms with van der Waals surface area (Å²) in [6, 6.07) is 12.3. The van der Waals surface area contributed by atoms with Crippen LogP contribution in [0.3, 0.4) is 0 Å². The molecule has 0 aliphatic carbocycles. The summed E-state index contributed by atoms with van der Waals surface area (Å²) in [5.41, 5.74) is 1.34. The second-order valence-corrected chi connectivity index (χ2v) is 5.32. The van der Waals surface area contributed by atoms with Gasteiger partial charge in [-0.25, -0.2) is 4.98 Å². The normalized spacial score (nSPS) is 10.4. The van der Waals surface area contributed by atoms with Crippen LogP contribution in [0.25, 0.3) is 0 Å². The van der Waals surface area contributed by atoms with Gasteiger partial charge in [0.15, 0.2) is 5.16 Å². The van der Waals surface area contributed by atoms with Crippen molar-refractivity contribution in [3.8, 4) is 5.88 Å². The molecular weight excluding hydrogens is 282 g/mol. The van der Waals surface area contributed by atoms with E-state index in [1.165, 1.54) is 17.3 Å². The Hall–Kier alpha value is -1.75. The van der Waals surface area contributed by atoms with E-state index in [0.717, 1.165) is 30.4 Å². The van der Waals surface area contributed by atoms with Crippen molar-refractivity contribution in [2.75, 3.05) is 24.7 Å². The number of anilines is 1. The van der Waals surface area contributed by atoms with E-state index in [0.29, 0.717) is 12.5 Å². The summed E-state index contributed by atoms with van der Waals surface area (Å²) >= 11 is 1.52. The highest BCUT2D eigenvalue weighted by molar-refractivity contribution is 7.98. The maximum atomic E-state index is 5.75. The van der Waals surface area contributed by atoms with Crippen LogP contribution in [0.5, 0.6) is 5.88 Å². The molecule has 21 heavy (non-hydrogen) atoms. The minimum Gasteiger partial charge on any atom is -0.477 e. The van der Waals surface area contributed by atoms with E-state index in [9.17, 15) is 0 Å². The molecule has 0 aliphatic rings. The zero-order valence-electron chi connectivity index (χ0n) is 12.5. The molecule has 5 heteroatoms. The third kappa shape index (κ3) is 5.27. The van der Waals surface area contributed by atoms with Crippen molar-refractivity contribution in [3.63, 3.8) is 0 Å². The highest BCUT2D eigenvalue weighted by Crippen LogP contribution is 2.19. The van der Waals surface area contributed by atoms with Crippen LogP contribution in [-0.4, -0.2) is 29.4 Å². The highest BCUT2D eigenvalue weighted by atomic mass is 32.2. The fraction of sp³-hybridized carbons (Fsp3) is 0.375. The summed E-state index contributed by atoms with van der Waals surface area (Å²) in [5, 5.41) is 3.92. The summed E-state index contributed by atoms with van der Waals surface area (Å²) in [5.74, 6) is 1.45. The van der Waals surface area contributed by atoms with Crippen molar-refractivity contribution in [2.45, 2.75) is 24.9 Å². The topological polar surface area (TPSA) is 47.0 Å². The number of hydrogen-bond acceptors (Lipinski definition) is 5. The van der Waals surface area contributed by atoms with Crippen LogP contribution in [0.1, 0.15) is 18.9 Å². The first-order valence-electron chi connectivity index (χ1n) is 7.15. The Labute approximate surface area is 130 Å². The van der Waals surface area contributed by atoms with Gasteiger partial charge in [-0.1, -0.05) is 42.1 Å². The van der Waals surface area contributed by atoms with Gasteiger partial charge in [0.05, 0.1) is 6.61 Å². The predicted molar refractivity (Wildman–Crippen MR) is 88.2 cm³/mol. The third-order valence-electron chi connectivity index (χ3n) is 2.93. The molecule has 2 aromatic rings. The van der Waals surface area contributed by atoms with Crippen LogP contribution in [0.15, 0.2) is 41.6 Å². The van der Waals surface area contributed by atoms with Gasteiger partial charge in [-0.05, 0) is 31.6 Å². The minimum absolute atomic E-state index is 0.637. The fourth-order valence-corrected chi connectivity index (χ4v) is 2.31. The minimum atomic E-state index is 0.637. The number of nitrogens with one attached hydrogen (secondary N) is 1. The molecule has 1 heterocycles. The molecule has 0 fully saturated rings. The Kier molecular flexibility index (Phi) is 6.34. The molecule has 1 aromatic carbocycles. The molecule has 4 nitrogen and oxygen atoms in total. The predicted octanol–water partition coefficient (Wildman–Crippen LogP) is 3.64. The van der Waals surface area contributed by atoms with Crippen LogP contribution < -0.4 is 10.1 Å². The van der Waals surface area contributed by atoms with Crippen LogP contribution in [0.2, 0.25) is 0 Å². The second kappa shape index (κ2) is 8.52. The number of rotatable bonds is 8. The van der Waals surface area contributed by atoms with Crippen LogP contribution in [0, 0.1) is 0 Å².